The van der Waals surface area contributed by atoms with Crippen molar-refractivity contribution in [3.63, 3.8) is 0 Å². The van der Waals surface area contributed by atoms with Crippen LogP contribution in [0.4, 0.5) is 8.78 Å². The number of hydrogen-bond acceptors (Lipinski definition) is 0. The summed E-state index contributed by atoms with van der Waals surface area (Å²) >= 11 is 0. The van der Waals surface area contributed by atoms with Gasteiger partial charge in [-0.25, -0.2) is 8.78 Å². The Morgan fingerprint density at radius 2 is 1.21 bits per heavy atom. The van der Waals surface area contributed by atoms with Crippen molar-refractivity contribution < 1.29 is 8.78 Å². The molecule has 0 bridgehead atoms. The second-order valence-corrected chi connectivity index (χ2v) is 7.84. The van der Waals surface area contributed by atoms with E-state index in [0.29, 0.717) is 22.6 Å². The molecule has 0 atom stereocenters. The Labute approximate surface area is 166 Å². The molecule has 1 saturated carbocycles. The molecule has 1 aliphatic carbocycles. The molecule has 0 saturated heterocycles. The molecule has 0 amide bonds. The second kappa shape index (κ2) is 8.26. The van der Waals surface area contributed by atoms with Crippen molar-refractivity contribution in [2.45, 2.75) is 51.4 Å². The molecule has 4 rings (SSSR count). The van der Waals surface area contributed by atoms with Crippen LogP contribution in [0.1, 0.15) is 56.1 Å². The Hall–Kier alpha value is -2.48. The van der Waals surface area contributed by atoms with Crippen molar-refractivity contribution in [3.8, 4) is 22.3 Å². The van der Waals surface area contributed by atoms with Gasteiger partial charge in [-0.1, -0.05) is 86.8 Å². The summed E-state index contributed by atoms with van der Waals surface area (Å²) in [6.07, 6.45) is 7.09. The van der Waals surface area contributed by atoms with Gasteiger partial charge in [0.1, 0.15) is 0 Å². The molecule has 144 valence electrons. The summed E-state index contributed by atoms with van der Waals surface area (Å²) < 4.78 is 29.7. The van der Waals surface area contributed by atoms with Gasteiger partial charge in [-0.15, -0.1) is 0 Å². The van der Waals surface area contributed by atoms with Gasteiger partial charge in [0.05, 0.1) is 0 Å². The normalized spacial score (nSPS) is 14.5. The highest BCUT2D eigenvalue weighted by atomic mass is 19.2. The van der Waals surface area contributed by atoms with Crippen LogP contribution in [-0.4, -0.2) is 0 Å². The molecule has 0 nitrogen and oxygen atoms in total. The molecular weight excluding hydrogens is 350 g/mol. The van der Waals surface area contributed by atoms with Gasteiger partial charge in [0, 0.05) is 11.1 Å². The van der Waals surface area contributed by atoms with E-state index in [2.05, 4.69) is 19.1 Å². The Bertz CT molecular complexity index is 933. The van der Waals surface area contributed by atoms with Crippen molar-refractivity contribution in [1.29, 1.82) is 0 Å². The molecule has 0 unspecified atom stereocenters. The first-order valence-corrected chi connectivity index (χ1v) is 10.3. The molecule has 0 spiro atoms. The third-order valence-electron chi connectivity index (χ3n) is 5.93. The highest BCUT2D eigenvalue weighted by molar-refractivity contribution is 5.72. The van der Waals surface area contributed by atoms with Crippen LogP contribution in [0.5, 0.6) is 0 Å². The second-order valence-electron chi connectivity index (χ2n) is 7.84. The van der Waals surface area contributed by atoms with Crippen LogP contribution in [0.2, 0.25) is 0 Å². The van der Waals surface area contributed by atoms with E-state index in [1.54, 1.807) is 12.1 Å². The molecule has 0 N–H and O–H groups in total. The van der Waals surface area contributed by atoms with Gasteiger partial charge < -0.3 is 0 Å². The SMILES string of the molecule is CCCc1ccc(-c2ccc(-c3ccc(C4CCCC4)cc3)c(F)c2F)cc1. The quantitative estimate of drug-likeness (QED) is 0.424. The number of rotatable bonds is 5. The van der Waals surface area contributed by atoms with E-state index in [-0.39, 0.29) is 0 Å². The lowest BCUT2D eigenvalue weighted by Gasteiger charge is -2.12. The summed E-state index contributed by atoms with van der Waals surface area (Å²) in [5.41, 5.74) is 4.59. The minimum absolute atomic E-state index is 0.312. The number of halogens is 2. The Morgan fingerprint density at radius 1 is 0.714 bits per heavy atom. The van der Waals surface area contributed by atoms with E-state index < -0.39 is 11.6 Å². The molecule has 3 aromatic rings. The highest BCUT2D eigenvalue weighted by Gasteiger charge is 2.19. The Morgan fingerprint density at radius 3 is 1.71 bits per heavy atom. The maximum absolute atomic E-state index is 14.9. The molecule has 0 radical (unpaired) electrons. The average Bonchev–Trinajstić information content (AvgIpc) is 3.26. The van der Waals surface area contributed by atoms with E-state index >= 15 is 0 Å². The van der Waals surface area contributed by atoms with Gasteiger partial charge in [-0.2, -0.15) is 0 Å². The van der Waals surface area contributed by atoms with Crippen molar-refractivity contribution >= 4 is 0 Å². The third-order valence-corrected chi connectivity index (χ3v) is 5.93. The molecule has 1 fully saturated rings. The summed E-state index contributed by atoms with van der Waals surface area (Å²) in [7, 11) is 0. The van der Waals surface area contributed by atoms with Crippen molar-refractivity contribution in [1.82, 2.24) is 0 Å². The van der Waals surface area contributed by atoms with Gasteiger partial charge in [0.2, 0.25) is 0 Å². The zero-order chi connectivity index (χ0) is 19.5. The lowest BCUT2D eigenvalue weighted by Crippen LogP contribution is -1.95. The summed E-state index contributed by atoms with van der Waals surface area (Å²) in [5, 5.41) is 0. The predicted molar refractivity (Wildman–Crippen MR) is 112 cm³/mol. The minimum Gasteiger partial charge on any atom is -0.203 e. The highest BCUT2D eigenvalue weighted by Crippen LogP contribution is 2.36. The monoisotopic (exact) mass is 376 g/mol. The molecule has 28 heavy (non-hydrogen) atoms. The summed E-state index contributed by atoms with van der Waals surface area (Å²) in [5.74, 6) is -0.932. The number of hydrogen-bond donors (Lipinski definition) is 0. The summed E-state index contributed by atoms with van der Waals surface area (Å²) in [6.45, 7) is 2.13. The van der Waals surface area contributed by atoms with Gasteiger partial charge in [-0.3, -0.25) is 0 Å². The first-order valence-electron chi connectivity index (χ1n) is 10.3. The molecule has 3 aromatic carbocycles. The molecule has 0 aromatic heterocycles. The van der Waals surface area contributed by atoms with Crippen LogP contribution in [0.15, 0.2) is 60.7 Å². The van der Waals surface area contributed by atoms with Crippen molar-refractivity contribution in [3.05, 3.63) is 83.4 Å². The average molecular weight is 376 g/mol. The zero-order valence-corrected chi connectivity index (χ0v) is 16.3. The maximum Gasteiger partial charge on any atom is 0.167 e. The van der Waals surface area contributed by atoms with Gasteiger partial charge >= 0.3 is 0 Å². The van der Waals surface area contributed by atoms with E-state index in [0.717, 1.165) is 18.4 Å². The number of aryl methyl sites for hydroxylation is 1. The van der Waals surface area contributed by atoms with Crippen LogP contribution in [0.25, 0.3) is 22.3 Å². The van der Waals surface area contributed by atoms with E-state index in [4.69, 9.17) is 0 Å². The third kappa shape index (κ3) is 3.73. The van der Waals surface area contributed by atoms with Gasteiger partial charge in [0.15, 0.2) is 11.6 Å². The largest absolute Gasteiger partial charge is 0.203 e. The first kappa shape index (κ1) is 18.9. The molecule has 2 heteroatoms. The van der Waals surface area contributed by atoms with Crippen LogP contribution in [0.3, 0.4) is 0 Å². The maximum atomic E-state index is 14.9. The van der Waals surface area contributed by atoms with Crippen LogP contribution in [-0.2, 0) is 6.42 Å². The van der Waals surface area contributed by atoms with Crippen LogP contribution in [0, 0.1) is 11.6 Å². The van der Waals surface area contributed by atoms with Crippen molar-refractivity contribution in [2.75, 3.05) is 0 Å². The fourth-order valence-electron chi connectivity index (χ4n) is 4.33. The fourth-order valence-corrected chi connectivity index (χ4v) is 4.33. The zero-order valence-electron chi connectivity index (χ0n) is 16.3. The smallest absolute Gasteiger partial charge is 0.167 e. The lowest BCUT2D eigenvalue weighted by atomic mass is 9.94. The summed E-state index contributed by atoms with van der Waals surface area (Å²) in [6, 6.07) is 19.1. The first-order chi connectivity index (χ1) is 13.7. The summed E-state index contributed by atoms with van der Waals surface area (Å²) in [4.78, 5) is 0. The molecule has 0 aliphatic heterocycles. The molecular formula is C26H26F2. The number of benzene rings is 3. The van der Waals surface area contributed by atoms with Gasteiger partial charge in [-0.05, 0) is 47.4 Å². The lowest BCUT2D eigenvalue weighted by molar-refractivity contribution is 0.514. The van der Waals surface area contributed by atoms with E-state index in [9.17, 15) is 8.78 Å². The van der Waals surface area contributed by atoms with Crippen molar-refractivity contribution in [2.24, 2.45) is 0 Å². The predicted octanol–water partition coefficient (Wildman–Crippen LogP) is 7.91. The van der Waals surface area contributed by atoms with Crippen LogP contribution < -0.4 is 0 Å². The van der Waals surface area contributed by atoms with Gasteiger partial charge in [0.25, 0.3) is 0 Å². The topological polar surface area (TPSA) is 0 Å². The molecule has 1 aliphatic rings. The Balaban J connectivity index is 1.62. The van der Waals surface area contributed by atoms with E-state index in [1.165, 1.54) is 36.8 Å². The Kier molecular flexibility index (Phi) is 5.57. The molecule has 0 heterocycles. The minimum atomic E-state index is -0.777. The fraction of sp³-hybridized carbons (Fsp3) is 0.308. The standard InChI is InChI=1S/C26H26F2/c1-2-5-18-8-10-21(11-9-18)23-16-17-24(26(28)25(23)27)22-14-12-20(13-15-22)19-6-3-4-7-19/h8-17,19H,2-7H2,1H3. The van der Waals surface area contributed by atoms with E-state index in [1.807, 2.05) is 36.4 Å². The van der Waals surface area contributed by atoms with Crippen LogP contribution >= 0.6 is 0 Å².